The Morgan fingerprint density at radius 3 is 2.82 bits per heavy atom. The highest BCUT2D eigenvalue weighted by molar-refractivity contribution is 5.85. The van der Waals surface area contributed by atoms with Gasteiger partial charge in [-0.25, -0.2) is 14.8 Å². The molecule has 88 valence electrons. The Balaban J connectivity index is 2.38. The zero-order valence-corrected chi connectivity index (χ0v) is 9.53. The number of hydrogen-bond acceptors (Lipinski definition) is 4. The van der Waals surface area contributed by atoms with Gasteiger partial charge in [0.15, 0.2) is 11.5 Å². The molecule has 0 aliphatic rings. The molecule has 1 N–H and O–H groups in total. The van der Waals surface area contributed by atoms with Gasteiger partial charge in [-0.05, 0) is 19.9 Å². The van der Waals surface area contributed by atoms with Gasteiger partial charge in [-0.1, -0.05) is 0 Å². The summed E-state index contributed by atoms with van der Waals surface area (Å²) in [5, 5.41) is 13.0. The van der Waals surface area contributed by atoms with Crippen LogP contribution in [0.2, 0.25) is 0 Å². The summed E-state index contributed by atoms with van der Waals surface area (Å²) in [7, 11) is 0. The minimum absolute atomic E-state index is 0.0210. The summed E-state index contributed by atoms with van der Waals surface area (Å²) in [6.07, 6.45) is 4.85. The highest BCUT2D eigenvalue weighted by Crippen LogP contribution is 2.15. The molecule has 2 heterocycles. The predicted octanol–water partition coefficient (Wildman–Crippen LogP) is 1.62. The molecule has 0 spiro atoms. The molecule has 2 rings (SSSR count). The lowest BCUT2D eigenvalue weighted by Gasteiger charge is -2.02. The van der Waals surface area contributed by atoms with E-state index >= 15 is 0 Å². The Labute approximate surface area is 98.0 Å². The highest BCUT2D eigenvalue weighted by atomic mass is 16.4. The van der Waals surface area contributed by atoms with Gasteiger partial charge in [-0.3, -0.25) is 4.68 Å². The van der Waals surface area contributed by atoms with Crippen molar-refractivity contribution in [1.29, 1.82) is 0 Å². The monoisotopic (exact) mass is 232 g/mol. The number of rotatable bonds is 3. The van der Waals surface area contributed by atoms with Crippen molar-refractivity contribution in [2.24, 2.45) is 0 Å². The molecule has 6 heteroatoms. The molecule has 0 aliphatic heterocycles. The Kier molecular flexibility index (Phi) is 2.86. The van der Waals surface area contributed by atoms with Crippen LogP contribution in [0.3, 0.4) is 0 Å². The van der Waals surface area contributed by atoms with E-state index in [4.69, 9.17) is 5.11 Å². The van der Waals surface area contributed by atoms with Crippen molar-refractivity contribution in [2.75, 3.05) is 0 Å². The molecule has 2 aromatic rings. The van der Waals surface area contributed by atoms with Gasteiger partial charge in [0.2, 0.25) is 0 Å². The fourth-order valence-corrected chi connectivity index (χ4v) is 1.35. The maximum absolute atomic E-state index is 10.8. The number of carboxylic acid groups (broad SMARTS) is 1. The molecule has 0 bridgehead atoms. The first-order chi connectivity index (χ1) is 8.08. The van der Waals surface area contributed by atoms with Crippen molar-refractivity contribution >= 4 is 5.97 Å². The minimum atomic E-state index is -1.06. The third-order valence-electron chi connectivity index (χ3n) is 2.26. The van der Waals surface area contributed by atoms with E-state index in [2.05, 4.69) is 15.1 Å². The smallest absolute Gasteiger partial charge is 0.354 e. The lowest BCUT2D eigenvalue weighted by molar-refractivity contribution is 0.0690. The number of carboxylic acids is 1. The van der Waals surface area contributed by atoms with Crippen LogP contribution >= 0.6 is 0 Å². The number of hydrogen-bond donors (Lipinski definition) is 1. The second-order valence-corrected chi connectivity index (χ2v) is 3.87. The summed E-state index contributed by atoms with van der Waals surface area (Å²) in [5.74, 6) is -0.693. The predicted molar refractivity (Wildman–Crippen MR) is 60.6 cm³/mol. The summed E-state index contributed by atoms with van der Waals surface area (Å²) >= 11 is 0. The number of nitrogens with zero attached hydrogens (tertiary/aromatic N) is 4. The van der Waals surface area contributed by atoms with Gasteiger partial charge >= 0.3 is 5.97 Å². The number of aromatic carboxylic acids is 1. The van der Waals surface area contributed by atoms with Crippen LogP contribution in [0.5, 0.6) is 0 Å². The average Bonchev–Trinajstić information content (AvgIpc) is 2.78. The fraction of sp³-hybridized carbons (Fsp3) is 0.273. The van der Waals surface area contributed by atoms with Crippen LogP contribution in [0.1, 0.15) is 30.4 Å². The number of aromatic nitrogens is 4. The summed E-state index contributed by atoms with van der Waals surface area (Å²) in [6.45, 7) is 4.01. The van der Waals surface area contributed by atoms with Crippen molar-refractivity contribution in [1.82, 2.24) is 19.7 Å². The van der Waals surface area contributed by atoms with Crippen LogP contribution in [0.25, 0.3) is 11.4 Å². The second kappa shape index (κ2) is 4.32. The third-order valence-corrected chi connectivity index (χ3v) is 2.26. The second-order valence-electron chi connectivity index (χ2n) is 3.87. The molecule has 0 amide bonds. The fourth-order valence-electron chi connectivity index (χ4n) is 1.35. The van der Waals surface area contributed by atoms with Crippen LogP contribution in [-0.2, 0) is 0 Å². The lowest BCUT2D eigenvalue weighted by Crippen LogP contribution is -2.02. The highest BCUT2D eigenvalue weighted by Gasteiger charge is 2.10. The lowest BCUT2D eigenvalue weighted by atomic mass is 10.3. The first-order valence-electron chi connectivity index (χ1n) is 5.19. The van der Waals surface area contributed by atoms with Gasteiger partial charge in [0.1, 0.15) is 0 Å². The van der Waals surface area contributed by atoms with E-state index in [-0.39, 0.29) is 11.7 Å². The molecule has 2 aromatic heterocycles. The standard InChI is InChI=1S/C11H12N4O2/c1-7(2)15-6-8(5-13-15)10-12-4-3-9(14-10)11(16)17/h3-7H,1-2H3,(H,16,17). The largest absolute Gasteiger partial charge is 0.477 e. The molecule has 0 atom stereocenters. The van der Waals surface area contributed by atoms with Crippen molar-refractivity contribution < 1.29 is 9.90 Å². The quantitative estimate of drug-likeness (QED) is 0.869. The Bertz CT molecular complexity index is 548. The van der Waals surface area contributed by atoms with Gasteiger partial charge in [-0.15, -0.1) is 0 Å². The van der Waals surface area contributed by atoms with Gasteiger partial charge < -0.3 is 5.11 Å². The topological polar surface area (TPSA) is 80.9 Å². The van der Waals surface area contributed by atoms with E-state index in [1.54, 1.807) is 17.1 Å². The minimum Gasteiger partial charge on any atom is -0.477 e. The van der Waals surface area contributed by atoms with Crippen molar-refractivity contribution in [3.05, 3.63) is 30.4 Å². The molecule has 0 saturated carbocycles. The Morgan fingerprint density at radius 2 is 2.24 bits per heavy atom. The van der Waals surface area contributed by atoms with Crippen molar-refractivity contribution in [3.8, 4) is 11.4 Å². The van der Waals surface area contributed by atoms with Crippen LogP contribution < -0.4 is 0 Å². The summed E-state index contributed by atoms with van der Waals surface area (Å²) in [4.78, 5) is 18.8. The van der Waals surface area contributed by atoms with Gasteiger partial charge in [0.25, 0.3) is 0 Å². The molecule has 0 aromatic carbocycles. The van der Waals surface area contributed by atoms with Crippen molar-refractivity contribution in [3.63, 3.8) is 0 Å². The summed E-state index contributed by atoms with van der Waals surface area (Å²) in [6, 6.07) is 1.60. The zero-order chi connectivity index (χ0) is 12.4. The van der Waals surface area contributed by atoms with Crippen LogP contribution in [0.15, 0.2) is 24.7 Å². The number of carbonyl (C=O) groups is 1. The van der Waals surface area contributed by atoms with E-state index in [1.165, 1.54) is 12.3 Å². The molecule has 0 aliphatic carbocycles. The van der Waals surface area contributed by atoms with E-state index in [9.17, 15) is 4.79 Å². The normalized spacial score (nSPS) is 10.8. The van der Waals surface area contributed by atoms with Gasteiger partial charge in [-0.2, -0.15) is 5.10 Å². The van der Waals surface area contributed by atoms with E-state index in [0.717, 1.165) is 0 Å². The summed E-state index contributed by atoms with van der Waals surface area (Å²) < 4.78 is 1.77. The SMILES string of the molecule is CC(C)n1cc(-c2nccc(C(=O)O)n2)cn1. The Morgan fingerprint density at radius 1 is 1.47 bits per heavy atom. The van der Waals surface area contributed by atoms with E-state index < -0.39 is 5.97 Å². The molecular formula is C11H12N4O2. The molecule has 0 saturated heterocycles. The Hall–Kier alpha value is -2.24. The van der Waals surface area contributed by atoms with Crippen LogP contribution in [0.4, 0.5) is 0 Å². The molecule has 6 nitrogen and oxygen atoms in total. The third kappa shape index (κ3) is 2.30. The first-order valence-corrected chi connectivity index (χ1v) is 5.19. The van der Waals surface area contributed by atoms with Crippen molar-refractivity contribution in [2.45, 2.75) is 19.9 Å². The van der Waals surface area contributed by atoms with E-state index in [0.29, 0.717) is 11.4 Å². The molecule has 0 fully saturated rings. The first kappa shape index (κ1) is 11.3. The average molecular weight is 232 g/mol. The molecular weight excluding hydrogens is 220 g/mol. The van der Waals surface area contributed by atoms with Crippen LogP contribution in [0, 0.1) is 0 Å². The molecule has 0 unspecified atom stereocenters. The van der Waals surface area contributed by atoms with Gasteiger partial charge in [0, 0.05) is 18.4 Å². The maximum atomic E-state index is 10.8. The summed E-state index contributed by atoms with van der Waals surface area (Å²) in [5.41, 5.74) is 0.689. The molecule has 17 heavy (non-hydrogen) atoms. The van der Waals surface area contributed by atoms with E-state index in [1.807, 2.05) is 13.8 Å². The zero-order valence-electron chi connectivity index (χ0n) is 9.53. The van der Waals surface area contributed by atoms with Crippen LogP contribution in [-0.4, -0.2) is 30.8 Å². The maximum Gasteiger partial charge on any atom is 0.354 e. The molecule has 0 radical (unpaired) electrons. The van der Waals surface area contributed by atoms with Gasteiger partial charge in [0.05, 0.1) is 11.8 Å².